The lowest BCUT2D eigenvalue weighted by atomic mass is 10.0. The van der Waals surface area contributed by atoms with E-state index in [0.29, 0.717) is 11.1 Å². The number of fused-ring (bicyclic) bond motifs is 2. The highest BCUT2D eigenvalue weighted by Crippen LogP contribution is 2.38. The summed E-state index contributed by atoms with van der Waals surface area (Å²) in [5.74, 6) is -0.811. The molecule has 2 aromatic carbocycles. The summed E-state index contributed by atoms with van der Waals surface area (Å²) in [5.41, 5.74) is 2.89. The van der Waals surface area contributed by atoms with Crippen LogP contribution in [-0.4, -0.2) is 11.6 Å². The molecular formula is C15H9IO2. The van der Waals surface area contributed by atoms with Gasteiger partial charge in [-0.25, -0.2) is 0 Å². The van der Waals surface area contributed by atoms with Gasteiger partial charge in [0.2, 0.25) is 11.6 Å². The third-order valence-electron chi connectivity index (χ3n) is 3.16. The van der Waals surface area contributed by atoms with E-state index in [1.807, 2.05) is 24.3 Å². The molecule has 0 aliphatic heterocycles. The number of hydrogen-bond donors (Lipinski definition) is 0. The number of hydrogen-bond acceptors (Lipinski definition) is 2. The Kier molecular flexibility index (Phi) is 2.78. The lowest BCUT2D eigenvalue weighted by Crippen LogP contribution is -2.14. The van der Waals surface area contributed by atoms with Gasteiger partial charge in [0.15, 0.2) is 0 Å². The van der Waals surface area contributed by atoms with Crippen molar-refractivity contribution in [2.75, 3.05) is 0 Å². The van der Waals surface area contributed by atoms with Gasteiger partial charge in [-0.15, -0.1) is 0 Å². The normalized spacial score (nSPS) is 14.9. The molecule has 0 heterocycles. The Balaban J connectivity index is 2.35. The molecule has 1 aliphatic rings. The molecular weight excluding hydrogens is 339 g/mol. The molecule has 3 heteroatoms. The van der Waals surface area contributed by atoms with Crippen LogP contribution in [0.15, 0.2) is 48.5 Å². The van der Waals surface area contributed by atoms with Crippen molar-refractivity contribution in [3.05, 3.63) is 70.8 Å². The van der Waals surface area contributed by atoms with Gasteiger partial charge in [-0.3, -0.25) is 9.59 Å². The van der Waals surface area contributed by atoms with Crippen LogP contribution in [-0.2, 0) is 0 Å². The number of rotatable bonds is 0. The van der Waals surface area contributed by atoms with E-state index in [0.717, 1.165) is 11.1 Å². The van der Waals surface area contributed by atoms with Gasteiger partial charge in [-0.1, -0.05) is 71.1 Å². The van der Waals surface area contributed by atoms with Crippen molar-refractivity contribution in [3.8, 4) is 0 Å². The van der Waals surface area contributed by atoms with E-state index >= 15 is 0 Å². The average Bonchev–Trinajstić information content (AvgIpc) is 2.51. The van der Waals surface area contributed by atoms with Crippen LogP contribution in [0.5, 0.6) is 0 Å². The van der Waals surface area contributed by atoms with E-state index < -0.39 is 11.6 Å². The van der Waals surface area contributed by atoms with E-state index in [-0.39, 0.29) is 3.92 Å². The maximum Gasteiger partial charge on any atom is 0.233 e. The second-order valence-corrected chi connectivity index (χ2v) is 5.44. The number of alkyl halides is 1. The van der Waals surface area contributed by atoms with Crippen molar-refractivity contribution in [1.82, 2.24) is 0 Å². The van der Waals surface area contributed by atoms with Crippen LogP contribution in [0, 0.1) is 0 Å². The number of carbonyl (C=O) groups is 2. The summed E-state index contributed by atoms with van der Waals surface area (Å²) in [5, 5.41) is 0. The van der Waals surface area contributed by atoms with Gasteiger partial charge in [0, 0.05) is 11.1 Å². The minimum Gasteiger partial charge on any atom is -0.285 e. The van der Waals surface area contributed by atoms with Crippen LogP contribution in [0.4, 0.5) is 0 Å². The molecule has 1 aliphatic carbocycles. The fourth-order valence-electron chi connectivity index (χ4n) is 2.26. The quantitative estimate of drug-likeness (QED) is 0.414. The molecule has 0 bridgehead atoms. The topological polar surface area (TPSA) is 34.1 Å². The molecule has 0 fully saturated rings. The zero-order chi connectivity index (χ0) is 12.7. The predicted molar refractivity (Wildman–Crippen MR) is 77.4 cm³/mol. The van der Waals surface area contributed by atoms with Crippen molar-refractivity contribution < 1.29 is 9.59 Å². The first-order valence-electron chi connectivity index (χ1n) is 5.61. The van der Waals surface area contributed by atoms with Crippen molar-refractivity contribution >= 4 is 34.2 Å². The SMILES string of the molecule is O=C1C(=O)c2ccccc2C(I)c2ccccc21. The average molecular weight is 348 g/mol. The first-order chi connectivity index (χ1) is 8.70. The Morgan fingerprint density at radius 3 is 1.56 bits per heavy atom. The van der Waals surface area contributed by atoms with Crippen LogP contribution in [0.3, 0.4) is 0 Å². The standard InChI is InChI=1S/C15H9IO2/c16-13-9-5-1-3-7-11(9)14(17)15(18)12-8-4-2-6-10(12)13/h1-8,13H. The first kappa shape index (κ1) is 11.6. The molecule has 2 nitrogen and oxygen atoms in total. The number of benzene rings is 2. The monoisotopic (exact) mass is 348 g/mol. The van der Waals surface area contributed by atoms with E-state index in [9.17, 15) is 9.59 Å². The summed E-state index contributed by atoms with van der Waals surface area (Å²) in [6, 6.07) is 14.7. The summed E-state index contributed by atoms with van der Waals surface area (Å²) in [4.78, 5) is 24.4. The van der Waals surface area contributed by atoms with E-state index in [1.54, 1.807) is 24.3 Å². The smallest absolute Gasteiger partial charge is 0.233 e. The van der Waals surface area contributed by atoms with Crippen LogP contribution in [0.1, 0.15) is 35.8 Å². The van der Waals surface area contributed by atoms with Crippen LogP contribution in [0.25, 0.3) is 0 Å². The van der Waals surface area contributed by atoms with Crippen molar-refractivity contribution in [2.24, 2.45) is 0 Å². The molecule has 2 aromatic rings. The minimum absolute atomic E-state index is 0.0328. The molecule has 0 unspecified atom stereocenters. The Morgan fingerprint density at radius 2 is 1.11 bits per heavy atom. The largest absolute Gasteiger partial charge is 0.285 e. The highest BCUT2D eigenvalue weighted by Gasteiger charge is 2.31. The van der Waals surface area contributed by atoms with E-state index in [4.69, 9.17) is 0 Å². The van der Waals surface area contributed by atoms with Gasteiger partial charge in [0.25, 0.3) is 0 Å². The van der Waals surface area contributed by atoms with Crippen LogP contribution >= 0.6 is 22.6 Å². The molecule has 88 valence electrons. The third kappa shape index (κ3) is 1.61. The number of carbonyl (C=O) groups excluding carboxylic acids is 2. The fourth-order valence-corrected chi connectivity index (χ4v) is 3.35. The van der Waals surface area contributed by atoms with Gasteiger partial charge in [-0.2, -0.15) is 0 Å². The minimum atomic E-state index is -0.405. The zero-order valence-corrected chi connectivity index (χ0v) is 11.5. The number of ketones is 2. The maximum atomic E-state index is 12.2. The van der Waals surface area contributed by atoms with Crippen molar-refractivity contribution in [2.45, 2.75) is 3.92 Å². The third-order valence-corrected chi connectivity index (χ3v) is 4.51. The van der Waals surface area contributed by atoms with E-state index in [2.05, 4.69) is 22.6 Å². The summed E-state index contributed by atoms with van der Waals surface area (Å²) in [6.07, 6.45) is 0. The van der Waals surface area contributed by atoms with Gasteiger partial charge < -0.3 is 0 Å². The van der Waals surface area contributed by atoms with Crippen molar-refractivity contribution in [1.29, 1.82) is 0 Å². The second-order valence-electron chi connectivity index (χ2n) is 4.20. The maximum absolute atomic E-state index is 12.2. The Hall–Kier alpha value is -1.49. The Labute approximate surface area is 118 Å². The van der Waals surface area contributed by atoms with E-state index in [1.165, 1.54) is 0 Å². The zero-order valence-electron chi connectivity index (χ0n) is 9.39. The highest BCUT2D eigenvalue weighted by atomic mass is 127. The summed E-state index contributed by atoms with van der Waals surface area (Å²) >= 11 is 2.28. The lowest BCUT2D eigenvalue weighted by Gasteiger charge is -2.12. The second kappa shape index (κ2) is 4.31. The fraction of sp³-hybridized carbons (Fsp3) is 0.0667. The molecule has 3 rings (SSSR count). The number of Topliss-reactive ketones (excluding diaryl/α,β-unsaturated/α-hetero) is 2. The van der Waals surface area contributed by atoms with Gasteiger partial charge in [0.1, 0.15) is 0 Å². The predicted octanol–water partition coefficient (Wildman–Crippen LogP) is 3.59. The summed E-state index contributed by atoms with van der Waals surface area (Å²) in [6.45, 7) is 0. The molecule has 0 saturated heterocycles. The molecule has 0 aromatic heterocycles. The van der Waals surface area contributed by atoms with Gasteiger partial charge in [-0.05, 0) is 11.1 Å². The summed E-state index contributed by atoms with van der Waals surface area (Å²) < 4.78 is 0.0328. The molecule has 0 spiro atoms. The highest BCUT2D eigenvalue weighted by molar-refractivity contribution is 14.1. The molecule has 0 saturated carbocycles. The van der Waals surface area contributed by atoms with Gasteiger partial charge in [0.05, 0.1) is 3.92 Å². The van der Waals surface area contributed by atoms with Gasteiger partial charge >= 0.3 is 0 Å². The van der Waals surface area contributed by atoms with Crippen molar-refractivity contribution in [3.63, 3.8) is 0 Å². The van der Waals surface area contributed by atoms with Crippen LogP contribution in [0.2, 0.25) is 0 Å². The summed E-state index contributed by atoms with van der Waals surface area (Å²) in [7, 11) is 0. The molecule has 0 amide bonds. The van der Waals surface area contributed by atoms with Crippen LogP contribution < -0.4 is 0 Å². The lowest BCUT2D eigenvalue weighted by molar-refractivity contribution is 0.0817. The Bertz CT molecular complexity index is 604. The molecule has 0 atom stereocenters. The molecule has 0 radical (unpaired) electrons. The molecule has 0 N–H and O–H groups in total. The molecule has 18 heavy (non-hydrogen) atoms. The first-order valence-corrected chi connectivity index (χ1v) is 6.85. The number of halogens is 1. The Morgan fingerprint density at radius 1 is 0.722 bits per heavy atom.